The summed E-state index contributed by atoms with van der Waals surface area (Å²) in [5, 5.41) is 2.77. The summed E-state index contributed by atoms with van der Waals surface area (Å²) in [5.74, 6) is 0. The molecule has 0 saturated carbocycles. The van der Waals surface area contributed by atoms with E-state index in [4.69, 9.17) is 0 Å². The first-order chi connectivity index (χ1) is 5.92. The van der Waals surface area contributed by atoms with Crippen LogP contribution in [0.4, 0.5) is 0 Å². The summed E-state index contributed by atoms with van der Waals surface area (Å²) in [7, 11) is 0. The minimum absolute atomic E-state index is 1.20. The molecule has 2 aromatic carbocycles. The van der Waals surface area contributed by atoms with Crippen LogP contribution in [0.3, 0.4) is 0 Å². The maximum absolute atomic E-state index is 2.22. The number of benzene rings is 2. The average molecular weight is 260 g/mol. The van der Waals surface area contributed by atoms with Crippen LogP contribution in [0.1, 0.15) is 5.56 Å². The van der Waals surface area contributed by atoms with Gasteiger partial charge in [-0.1, -0.05) is 0 Å². The van der Waals surface area contributed by atoms with Crippen molar-refractivity contribution in [2.45, 2.75) is 4.44 Å². The zero-order chi connectivity index (χ0) is 8.39. The van der Waals surface area contributed by atoms with Gasteiger partial charge in [-0.2, -0.15) is 0 Å². The van der Waals surface area contributed by atoms with Gasteiger partial charge in [0.1, 0.15) is 0 Å². The predicted molar refractivity (Wildman–Crippen MR) is 53.4 cm³/mol. The van der Waals surface area contributed by atoms with E-state index in [2.05, 4.69) is 42.5 Å². The molecule has 2 rings (SSSR count). The molecule has 0 heterocycles. The molecule has 1 heteroatoms. The Morgan fingerprint density at radius 2 is 1.67 bits per heavy atom. The third kappa shape index (κ3) is 1.36. The second kappa shape index (κ2) is 3.48. The number of fused-ring (bicyclic) bond motifs is 1. The Kier molecular flexibility index (Phi) is 2.35. The Morgan fingerprint density at radius 1 is 0.917 bits per heavy atom. The van der Waals surface area contributed by atoms with Crippen LogP contribution in [-0.2, 0) is 4.44 Å². The summed E-state index contributed by atoms with van der Waals surface area (Å²) in [4.78, 5) is 0. The third-order valence-electron chi connectivity index (χ3n) is 2.07. The van der Waals surface area contributed by atoms with Gasteiger partial charge in [-0.25, -0.2) is 0 Å². The Hall–Kier alpha value is -0.501. The van der Waals surface area contributed by atoms with E-state index < -0.39 is 0 Å². The van der Waals surface area contributed by atoms with E-state index in [1.807, 2.05) is 0 Å². The van der Waals surface area contributed by atoms with Crippen LogP contribution in [0.5, 0.6) is 0 Å². The fourth-order valence-corrected chi connectivity index (χ4v) is 2.33. The molecule has 0 aliphatic heterocycles. The van der Waals surface area contributed by atoms with Gasteiger partial charge < -0.3 is 0 Å². The summed E-state index contributed by atoms with van der Waals surface area (Å²) in [6.07, 6.45) is 0. The standard InChI is InChI=1S/C11H9.Sn/c1-9-5-4-7-10-6-2-3-8-11(9)10;/h2-8H,1H2;. The quantitative estimate of drug-likeness (QED) is 0.691. The summed E-state index contributed by atoms with van der Waals surface area (Å²) in [6.45, 7) is 0. The normalized spacial score (nSPS) is 10.4. The molecule has 0 bridgehead atoms. The van der Waals surface area contributed by atoms with Gasteiger partial charge in [0.15, 0.2) is 0 Å². The maximum atomic E-state index is 2.22. The van der Waals surface area contributed by atoms with E-state index in [-0.39, 0.29) is 0 Å². The molecular weight excluding hydrogens is 251 g/mol. The molecule has 57 valence electrons. The Balaban J connectivity index is 2.79. The predicted octanol–water partition coefficient (Wildman–Crippen LogP) is 2.51. The Morgan fingerprint density at radius 3 is 2.50 bits per heavy atom. The van der Waals surface area contributed by atoms with E-state index in [1.54, 1.807) is 22.5 Å². The van der Waals surface area contributed by atoms with Crippen molar-refractivity contribution in [1.29, 1.82) is 0 Å². The van der Waals surface area contributed by atoms with Gasteiger partial charge >= 0.3 is 85.8 Å². The fraction of sp³-hybridized carbons (Fsp3) is 0.0909. The van der Waals surface area contributed by atoms with Crippen molar-refractivity contribution in [2.75, 3.05) is 0 Å². The molecule has 0 fully saturated rings. The number of rotatable bonds is 1. The van der Waals surface area contributed by atoms with Crippen molar-refractivity contribution < 1.29 is 0 Å². The van der Waals surface area contributed by atoms with E-state index in [0.29, 0.717) is 0 Å². The number of hydrogen-bond acceptors (Lipinski definition) is 0. The van der Waals surface area contributed by atoms with Crippen LogP contribution in [-0.4, -0.2) is 22.5 Å². The molecule has 0 unspecified atom stereocenters. The molecule has 0 nitrogen and oxygen atoms in total. The zero-order valence-corrected chi connectivity index (χ0v) is 9.60. The van der Waals surface area contributed by atoms with Gasteiger partial charge in [-0.05, 0) is 0 Å². The van der Waals surface area contributed by atoms with E-state index in [9.17, 15) is 0 Å². The molecule has 0 aromatic heterocycles. The molecule has 3 radical (unpaired) electrons. The zero-order valence-electron chi connectivity index (χ0n) is 6.75. The molecule has 0 saturated heterocycles. The van der Waals surface area contributed by atoms with Gasteiger partial charge in [-0.3, -0.25) is 0 Å². The first kappa shape index (κ1) is 8.11. The van der Waals surface area contributed by atoms with Crippen molar-refractivity contribution in [1.82, 2.24) is 0 Å². The molecule has 0 aliphatic rings. The van der Waals surface area contributed by atoms with Gasteiger partial charge in [0, 0.05) is 0 Å². The van der Waals surface area contributed by atoms with Crippen molar-refractivity contribution in [3.05, 3.63) is 48.0 Å². The average Bonchev–Trinajstić information content (AvgIpc) is 2.17. The monoisotopic (exact) mass is 261 g/mol. The van der Waals surface area contributed by atoms with Crippen molar-refractivity contribution in [3.63, 3.8) is 0 Å². The van der Waals surface area contributed by atoms with Crippen molar-refractivity contribution in [2.24, 2.45) is 0 Å². The molecule has 0 amide bonds. The van der Waals surface area contributed by atoms with Gasteiger partial charge in [0.25, 0.3) is 0 Å². The van der Waals surface area contributed by atoms with Gasteiger partial charge in [0.2, 0.25) is 0 Å². The summed E-state index contributed by atoms with van der Waals surface area (Å²) >= 11 is 1.58. The first-order valence-corrected chi connectivity index (χ1v) is 6.05. The third-order valence-corrected chi connectivity index (χ3v) is 3.16. The second-order valence-electron chi connectivity index (χ2n) is 2.82. The molecule has 12 heavy (non-hydrogen) atoms. The van der Waals surface area contributed by atoms with Crippen LogP contribution in [0.15, 0.2) is 42.5 Å². The van der Waals surface area contributed by atoms with Gasteiger partial charge in [0.05, 0.1) is 0 Å². The van der Waals surface area contributed by atoms with E-state index in [1.165, 1.54) is 20.8 Å². The molecule has 0 atom stereocenters. The molecular formula is C11H9Sn. The van der Waals surface area contributed by atoms with Crippen LogP contribution in [0, 0.1) is 0 Å². The minimum atomic E-state index is 1.20. The summed E-state index contributed by atoms with van der Waals surface area (Å²) < 4.78 is 1.20. The molecule has 0 spiro atoms. The fourth-order valence-electron chi connectivity index (χ4n) is 1.45. The van der Waals surface area contributed by atoms with Crippen LogP contribution < -0.4 is 0 Å². The Labute approximate surface area is 85.7 Å². The molecule has 0 aliphatic carbocycles. The topological polar surface area (TPSA) is 0 Å². The van der Waals surface area contributed by atoms with Crippen molar-refractivity contribution in [3.8, 4) is 0 Å². The van der Waals surface area contributed by atoms with E-state index >= 15 is 0 Å². The van der Waals surface area contributed by atoms with Gasteiger partial charge in [-0.15, -0.1) is 0 Å². The van der Waals surface area contributed by atoms with Crippen LogP contribution in [0.25, 0.3) is 10.8 Å². The van der Waals surface area contributed by atoms with Crippen LogP contribution >= 0.6 is 0 Å². The molecule has 2 aromatic rings. The SMILES string of the molecule is [Sn][CH2]c1cccc2ccccc12. The number of hydrogen-bond donors (Lipinski definition) is 0. The summed E-state index contributed by atoms with van der Waals surface area (Å²) in [5.41, 5.74) is 1.48. The second-order valence-corrected chi connectivity index (χ2v) is 3.82. The van der Waals surface area contributed by atoms with Crippen LogP contribution in [0.2, 0.25) is 0 Å². The Bertz CT molecular complexity index is 388. The molecule has 0 N–H and O–H groups in total. The van der Waals surface area contributed by atoms with Crippen molar-refractivity contribution >= 4 is 33.3 Å². The van der Waals surface area contributed by atoms with E-state index in [0.717, 1.165) is 0 Å². The first-order valence-electron chi connectivity index (χ1n) is 4.03. The summed E-state index contributed by atoms with van der Waals surface area (Å²) in [6, 6.07) is 15.1.